The Morgan fingerprint density at radius 2 is 0.939 bits per heavy atom. The van der Waals surface area contributed by atoms with E-state index in [0.29, 0.717) is 12.8 Å². The van der Waals surface area contributed by atoms with E-state index in [0.717, 1.165) is 51.9 Å². The summed E-state index contributed by atoms with van der Waals surface area (Å²) >= 11 is 0. The topological polar surface area (TPSA) is 373 Å². The van der Waals surface area contributed by atoms with Gasteiger partial charge in [-0.15, -0.1) is 0 Å². The van der Waals surface area contributed by atoms with Gasteiger partial charge in [0.25, 0.3) is 5.79 Å². The van der Waals surface area contributed by atoms with Crippen LogP contribution >= 0.6 is 0 Å². The Morgan fingerprint density at radius 1 is 0.525 bits per heavy atom. The van der Waals surface area contributed by atoms with Crippen LogP contribution in [0.3, 0.4) is 0 Å². The zero-order valence-electron chi connectivity index (χ0n) is 61.4. The fraction of sp³-hybridized carbons (Fsp3) is 0.934. The summed E-state index contributed by atoms with van der Waals surface area (Å²) in [4.78, 5) is 38.7. The molecule has 3 rings (SSSR count). The third-order valence-electron chi connectivity index (χ3n) is 20.2. The third-order valence-corrected chi connectivity index (χ3v) is 20.2. The maximum atomic E-state index is 13.5. The molecule has 18 unspecified atom stereocenters. The van der Waals surface area contributed by atoms with Crippen LogP contribution in [0, 0.1) is 0 Å². The van der Waals surface area contributed by atoms with Crippen molar-refractivity contribution in [2.24, 2.45) is 0 Å². The second kappa shape index (κ2) is 55.9. The lowest BCUT2D eigenvalue weighted by Crippen LogP contribution is -2.70. The highest BCUT2D eigenvalue weighted by molar-refractivity contribution is 5.77. The number of nitrogens with one attached hydrogen (secondary N) is 2. The first kappa shape index (κ1) is 90.7. The van der Waals surface area contributed by atoms with E-state index in [2.05, 4.69) is 24.5 Å². The number of aliphatic hydroxyl groups excluding tert-OH is 11. The van der Waals surface area contributed by atoms with Crippen LogP contribution in [0.4, 0.5) is 0 Å². The number of carbonyl (C=O) groups excluding carboxylic acids is 2. The smallest absolute Gasteiger partial charge is 0.364 e. The number of ether oxygens (including phenoxy) is 6. The van der Waals surface area contributed by atoms with Gasteiger partial charge in [-0.3, -0.25) is 9.59 Å². The van der Waals surface area contributed by atoms with Crippen molar-refractivity contribution < 1.29 is 104 Å². The molecule has 23 nitrogen and oxygen atoms in total. The Morgan fingerprint density at radius 3 is 1.34 bits per heavy atom. The molecule has 23 heteroatoms. The number of aliphatic hydroxyl groups is 11. The van der Waals surface area contributed by atoms with Crippen molar-refractivity contribution in [2.45, 2.75) is 426 Å². The van der Waals surface area contributed by atoms with E-state index in [1.807, 2.05) is 6.08 Å². The standard InChI is InChI=1S/C76H142N2O21/c1-4-6-8-10-12-14-16-18-20-22-24-25-26-27-28-29-30-31-32-34-36-38-40-42-44-46-48-50-63(86)78-57(58(83)49-47-45-43-41-39-37-35-33-23-21-19-17-15-13-11-9-7-5-2)55-94-73-68(90)67(89)70(62(54-81)96-73)97-74-69(91)72(66(88)61(53-80)95-74)99-76(75(92)93)51-59(84)64(77-56(3)82)71(98-76)65(87)60(85)52-79/h47,49,57-62,64-74,79-81,83-85,87-91H,4-46,48,50-55H2,1-3H3,(H,77,82)(H,78,86)(H,92,93)/b49-47+. The number of carboxylic acids is 1. The summed E-state index contributed by atoms with van der Waals surface area (Å²) in [5, 5.41) is 136. The Balaban J connectivity index is 1.52. The zero-order chi connectivity index (χ0) is 72.5. The number of amides is 2. The second-order valence-electron chi connectivity index (χ2n) is 28.9. The van der Waals surface area contributed by atoms with Gasteiger partial charge in [-0.05, 0) is 19.3 Å². The Labute approximate surface area is 594 Å². The lowest BCUT2D eigenvalue weighted by molar-refractivity contribution is -0.386. The molecule has 0 bridgehead atoms. The van der Waals surface area contributed by atoms with Gasteiger partial charge in [0.2, 0.25) is 11.8 Å². The molecule has 3 heterocycles. The van der Waals surface area contributed by atoms with E-state index in [-0.39, 0.29) is 12.3 Å². The zero-order valence-corrected chi connectivity index (χ0v) is 61.4. The molecule has 0 radical (unpaired) electrons. The van der Waals surface area contributed by atoms with Gasteiger partial charge in [-0.2, -0.15) is 0 Å². The lowest BCUT2D eigenvalue weighted by Gasteiger charge is -2.50. The predicted octanol–water partition coefficient (Wildman–Crippen LogP) is 9.80. The van der Waals surface area contributed by atoms with Crippen molar-refractivity contribution in [3.63, 3.8) is 0 Å². The predicted molar refractivity (Wildman–Crippen MR) is 380 cm³/mol. The molecular formula is C76H142N2O21. The Hall–Kier alpha value is -2.53. The van der Waals surface area contributed by atoms with Crippen molar-refractivity contribution in [3.05, 3.63) is 12.2 Å². The molecule has 14 N–H and O–H groups in total. The summed E-state index contributed by atoms with van der Waals surface area (Å²) in [6, 6.07) is -2.62. The number of unbranched alkanes of at least 4 members (excludes halogenated alkanes) is 42. The molecule has 99 heavy (non-hydrogen) atoms. The molecule has 0 aromatic heterocycles. The Kier molecular flexibility index (Phi) is 51.2. The number of aliphatic carboxylic acids is 1. The minimum Gasteiger partial charge on any atom is -0.477 e. The van der Waals surface area contributed by atoms with Gasteiger partial charge in [0.15, 0.2) is 12.6 Å². The molecule has 3 aliphatic heterocycles. The van der Waals surface area contributed by atoms with Crippen LogP contribution < -0.4 is 10.6 Å². The van der Waals surface area contributed by atoms with E-state index in [1.165, 1.54) is 225 Å². The molecule has 2 amide bonds. The van der Waals surface area contributed by atoms with E-state index in [1.54, 1.807) is 6.08 Å². The summed E-state index contributed by atoms with van der Waals surface area (Å²) in [5.41, 5.74) is 0. The van der Waals surface area contributed by atoms with Crippen molar-refractivity contribution in [1.29, 1.82) is 0 Å². The average Bonchev–Trinajstić information content (AvgIpc) is 0.757. The minimum absolute atomic E-state index is 0.206. The van der Waals surface area contributed by atoms with Gasteiger partial charge in [-0.1, -0.05) is 289 Å². The molecule has 3 aliphatic rings. The fourth-order valence-corrected chi connectivity index (χ4v) is 13.9. The van der Waals surface area contributed by atoms with Crippen molar-refractivity contribution in [3.8, 4) is 0 Å². The molecule has 3 fully saturated rings. The normalized spacial score (nSPS) is 27.1. The van der Waals surface area contributed by atoms with Gasteiger partial charge in [0.1, 0.15) is 67.1 Å². The first-order chi connectivity index (χ1) is 47.9. The van der Waals surface area contributed by atoms with Crippen molar-refractivity contribution >= 4 is 17.8 Å². The first-order valence-corrected chi connectivity index (χ1v) is 39.6. The number of hydrogen-bond donors (Lipinski definition) is 14. The summed E-state index contributed by atoms with van der Waals surface area (Å²) in [7, 11) is 0. The van der Waals surface area contributed by atoms with Gasteiger partial charge in [0.05, 0.1) is 50.7 Å². The maximum absolute atomic E-state index is 13.5. The van der Waals surface area contributed by atoms with E-state index in [4.69, 9.17) is 28.4 Å². The number of allylic oxidation sites excluding steroid dienone is 1. The molecule has 3 saturated heterocycles. The largest absolute Gasteiger partial charge is 0.477 e. The molecule has 0 aliphatic carbocycles. The fourth-order valence-electron chi connectivity index (χ4n) is 13.9. The monoisotopic (exact) mass is 1420 g/mol. The van der Waals surface area contributed by atoms with Gasteiger partial charge >= 0.3 is 5.97 Å². The van der Waals surface area contributed by atoms with E-state index in [9.17, 15) is 75.7 Å². The summed E-state index contributed by atoms with van der Waals surface area (Å²) < 4.78 is 34.9. The summed E-state index contributed by atoms with van der Waals surface area (Å²) in [6.07, 6.45) is 29.7. The highest BCUT2D eigenvalue weighted by Crippen LogP contribution is 2.39. The molecule has 582 valence electrons. The molecule has 0 aromatic carbocycles. The summed E-state index contributed by atoms with van der Waals surface area (Å²) in [6.45, 7) is 2.19. The number of hydrogen-bond acceptors (Lipinski definition) is 20. The molecule has 0 spiro atoms. The highest BCUT2D eigenvalue weighted by atomic mass is 16.8. The quantitative estimate of drug-likeness (QED) is 0.0199. The number of carboxylic acid groups (broad SMARTS) is 1. The second-order valence-corrected chi connectivity index (χ2v) is 28.9. The molecule has 18 atom stereocenters. The summed E-state index contributed by atoms with van der Waals surface area (Å²) in [5.74, 6) is -6.13. The van der Waals surface area contributed by atoms with Crippen LogP contribution in [0.15, 0.2) is 12.2 Å². The van der Waals surface area contributed by atoms with Crippen LogP contribution in [-0.2, 0) is 42.8 Å². The van der Waals surface area contributed by atoms with E-state index < -0.39 is 155 Å². The highest BCUT2D eigenvalue weighted by Gasteiger charge is 2.60. The van der Waals surface area contributed by atoms with Crippen LogP contribution in [0.25, 0.3) is 0 Å². The average molecular weight is 1420 g/mol. The number of carbonyl (C=O) groups is 3. The minimum atomic E-state index is -3.08. The third kappa shape index (κ3) is 36.8. The van der Waals surface area contributed by atoms with Gasteiger partial charge in [0, 0.05) is 19.8 Å². The van der Waals surface area contributed by atoms with Crippen LogP contribution in [0.5, 0.6) is 0 Å². The molecular weight excluding hydrogens is 1280 g/mol. The number of rotatable bonds is 62. The van der Waals surface area contributed by atoms with Crippen LogP contribution in [0.2, 0.25) is 0 Å². The SMILES string of the molecule is CCCCCCCCCCCCCCCCCC/C=C/C(O)C(COC1OC(CO)C(OC2OC(CO)C(O)C(OC3(C(=O)O)CC(O)C(NC(C)=O)C(C(O)C(O)CO)O3)C2O)C(O)C1O)NC(=O)CCCCCCCCCCCCCCCCCCCCCCCCCCCCC. The van der Waals surface area contributed by atoms with Crippen molar-refractivity contribution in [2.75, 3.05) is 26.4 Å². The van der Waals surface area contributed by atoms with Gasteiger partial charge < -0.3 is 100 Å². The maximum Gasteiger partial charge on any atom is 0.364 e. The van der Waals surface area contributed by atoms with Crippen LogP contribution in [0.1, 0.15) is 316 Å². The molecule has 0 saturated carbocycles. The first-order valence-electron chi connectivity index (χ1n) is 39.6. The molecule has 0 aromatic rings. The lowest BCUT2D eigenvalue weighted by atomic mass is 9.88. The Bertz CT molecular complexity index is 2030. The van der Waals surface area contributed by atoms with Crippen molar-refractivity contribution in [1.82, 2.24) is 10.6 Å². The van der Waals surface area contributed by atoms with Gasteiger partial charge in [-0.25, -0.2) is 4.79 Å². The van der Waals surface area contributed by atoms with E-state index >= 15 is 0 Å². The van der Waals surface area contributed by atoms with Crippen LogP contribution in [-0.4, -0.2) is 215 Å².